The van der Waals surface area contributed by atoms with Gasteiger partial charge in [-0.05, 0) is 57.0 Å². The van der Waals surface area contributed by atoms with Gasteiger partial charge in [0.25, 0.3) is 5.91 Å². The van der Waals surface area contributed by atoms with Crippen molar-refractivity contribution >= 4 is 12.1 Å². The van der Waals surface area contributed by atoms with Gasteiger partial charge in [-0.15, -0.1) is 0 Å². The molecule has 2 aromatic carbocycles. The SMILES string of the molecule is CCc1ccccc1-n1c(C)cc(/C=N\NC(=O)c2ccc(C)cc2)c1C. The molecule has 0 atom stereocenters. The van der Waals surface area contributed by atoms with Gasteiger partial charge < -0.3 is 4.57 Å². The lowest BCUT2D eigenvalue weighted by Crippen LogP contribution is -2.17. The number of aromatic nitrogens is 1. The standard InChI is InChI=1S/C23H25N3O/c1-5-19-8-6-7-9-22(19)26-17(3)14-21(18(26)4)15-24-25-23(27)20-12-10-16(2)11-13-20/h6-15H,5H2,1-4H3,(H,25,27)/b24-15-. The van der Waals surface area contributed by atoms with Crippen LogP contribution in [0.25, 0.3) is 5.69 Å². The van der Waals surface area contributed by atoms with Crippen LogP contribution in [-0.2, 0) is 6.42 Å². The molecular weight excluding hydrogens is 334 g/mol. The Morgan fingerprint density at radius 3 is 2.48 bits per heavy atom. The molecule has 0 fully saturated rings. The predicted molar refractivity (Wildman–Crippen MR) is 111 cm³/mol. The molecule has 138 valence electrons. The lowest BCUT2D eigenvalue weighted by atomic mass is 10.1. The third kappa shape index (κ3) is 4.00. The Bertz CT molecular complexity index is 981. The van der Waals surface area contributed by atoms with Gasteiger partial charge in [-0.3, -0.25) is 4.79 Å². The minimum atomic E-state index is -0.212. The van der Waals surface area contributed by atoms with Crippen molar-refractivity contribution in [2.45, 2.75) is 34.1 Å². The number of carbonyl (C=O) groups is 1. The first-order valence-corrected chi connectivity index (χ1v) is 9.18. The number of nitrogens with zero attached hydrogens (tertiary/aromatic N) is 2. The summed E-state index contributed by atoms with van der Waals surface area (Å²) in [5, 5.41) is 4.15. The Morgan fingerprint density at radius 1 is 1.07 bits per heavy atom. The van der Waals surface area contributed by atoms with Crippen molar-refractivity contribution < 1.29 is 4.79 Å². The Balaban J connectivity index is 1.81. The molecule has 27 heavy (non-hydrogen) atoms. The van der Waals surface area contributed by atoms with E-state index in [1.54, 1.807) is 18.3 Å². The highest BCUT2D eigenvalue weighted by atomic mass is 16.2. The average molecular weight is 359 g/mol. The quantitative estimate of drug-likeness (QED) is 0.519. The minimum absolute atomic E-state index is 0.212. The Morgan fingerprint density at radius 2 is 1.78 bits per heavy atom. The zero-order valence-electron chi connectivity index (χ0n) is 16.3. The molecule has 0 spiro atoms. The van der Waals surface area contributed by atoms with Gasteiger partial charge in [-0.2, -0.15) is 5.10 Å². The Labute approximate surface area is 160 Å². The summed E-state index contributed by atoms with van der Waals surface area (Å²) in [7, 11) is 0. The second-order valence-corrected chi connectivity index (χ2v) is 6.71. The summed E-state index contributed by atoms with van der Waals surface area (Å²) < 4.78 is 2.24. The van der Waals surface area contributed by atoms with Crippen LogP contribution in [0.3, 0.4) is 0 Å². The van der Waals surface area contributed by atoms with Crippen LogP contribution in [0.15, 0.2) is 59.7 Å². The van der Waals surface area contributed by atoms with Crippen molar-refractivity contribution in [3.8, 4) is 5.69 Å². The second kappa shape index (κ2) is 8.04. The summed E-state index contributed by atoms with van der Waals surface area (Å²) >= 11 is 0. The van der Waals surface area contributed by atoms with Crippen molar-refractivity contribution in [2.24, 2.45) is 5.10 Å². The molecule has 0 bridgehead atoms. The predicted octanol–water partition coefficient (Wildman–Crippen LogP) is 4.73. The first-order valence-electron chi connectivity index (χ1n) is 9.18. The third-order valence-electron chi connectivity index (χ3n) is 4.77. The molecule has 4 heteroatoms. The van der Waals surface area contributed by atoms with Crippen molar-refractivity contribution in [1.82, 2.24) is 9.99 Å². The molecule has 1 heterocycles. The first-order chi connectivity index (χ1) is 13.0. The van der Waals surface area contributed by atoms with Gasteiger partial charge in [-0.25, -0.2) is 5.43 Å². The number of para-hydroxylation sites is 1. The van der Waals surface area contributed by atoms with E-state index in [-0.39, 0.29) is 5.91 Å². The number of carbonyl (C=O) groups excluding carboxylic acids is 1. The lowest BCUT2D eigenvalue weighted by Gasteiger charge is -2.13. The van der Waals surface area contributed by atoms with Crippen LogP contribution in [0.4, 0.5) is 0 Å². The van der Waals surface area contributed by atoms with E-state index < -0.39 is 0 Å². The van der Waals surface area contributed by atoms with Gasteiger partial charge in [0.05, 0.1) is 6.21 Å². The van der Waals surface area contributed by atoms with E-state index in [0.717, 1.165) is 28.9 Å². The maximum absolute atomic E-state index is 12.2. The van der Waals surface area contributed by atoms with E-state index in [1.165, 1.54) is 11.3 Å². The summed E-state index contributed by atoms with van der Waals surface area (Å²) in [6.45, 7) is 8.31. The zero-order chi connectivity index (χ0) is 19.4. The lowest BCUT2D eigenvalue weighted by molar-refractivity contribution is 0.0955. The highest BCUT2D eigenvalue weighted by molar-refractivity contribution is 5.95. The summed E-state index contributed by atoms with van der Waals surface area (Å²) in [4.78, 5) is 12.2. The average Bonchev–Trinajstić information content (AvgIpc) is 2.95. The van der Waals surface area contributed by atoms with E-state index in [2.05, 4.69) is 66.2 Å². The molecular formula is C23H25N3O. The Hall–Kier alpha value is -3.14. The smallest absolute Gasteiger partial charge is 0.271 e. The van der Waals surface area contributed by atoms with Crippen LogP contribution in [0.1, 0.15) is 45.4 Å². The van der Waals surface area contributed by atoms with Crippen LogP contribution < -0.4 is 5.43 Å². The summed E-state index contributed by atoms with van der Waals surface area (Å²) in [5.74, 6) is -0.212. The molecule has 3 rings (SSSR count). The highest BCUT2D eigenvalue weighted by Gasteiger charge is 2.12. The van der Waals surface area contributed by atoms with Crippen LogP contribution in [-0.4, -0.2) is 16.7 Å². The van der Waals surface area contributed by atoms with Gasteiger partial charge in [0, 0.05) is 28.2 Å². The van der Waals surface area contributed by atoms with Crippen LogP contribution >= 0.6 is 0 Å². The van der Waals surface area contributed by atoms with Crippen molar-refractivity contribution in [2.75, 3.05) is 0 Å². The fourth-order valence-corrected chi connectivity index (χ4v) is 3.25. The van der Waals surface area contributed by atoms with E-state index in [9.17, 15) is 4.79 Å². The minimum Gasteiger partial charge on any atom is -0.318 e. The third-order valence-corrected chi connectivity index (χ3v) is 4.77. The maximum atomic E-state index is 12.2. The van der Waals surface area contributed by atoms with Gasteiger partial charge in [0.2, 0.25) is 0 Å². The summed E-state index contributed by atoms with van der Waals surface area (Å²) in [6.07, 6.45) is 2.68. The maximum Gasteiger partial charge on any atom is 0.271 e. The molecule has 3 aromatic rings. The normalized spacial score (nSPS) is 11.1. The monoisotopic (exact) mass is 359 g/mol. The number of aryl methyl sites for hydroxylation is 3. The molecule has 1 amide bonds. The van der Waals surface area contributed by atoms with Crippen LogP contribution in [0.2, 0.25) is 0 Å². The number of hydrogen-bond donors (Lipinski definition) is 1. The molecule has 0 saturated carbocycles. The molecule has 1 aromatic heterocycles. The van der Waals surface area contributed by atoms with Crippen molar-refractivity contribution in [3.63, 3.8) is 0 Å². The van der Waals surface area contributed by atoms with Gasteiger partial charge >= 0.3 is 0 Å². The number of rotatable bonds is 5. The number of hydrogen-bond acceptors (Lipinski definition) is 2. The number of amides is 1. The second-order valence-electron chi connectivity index (χ2n) is 6.71. The first kappa shape index (κ1) is 18.6. The van der Waals surface area contributed by atoms with Crippen LogP contribution in [0, 0.1) is 20.8 Å². The van der Waals surface area contributed by atoms with E-state index in [0.29, 0.717) is 5.56 Å². The topological polar surface area (TPSA) is 46.4 Å². The fourth-order valence-electron chi connectivity index (χ4n) is 3.25. The molecule has 0 saturated heterocycles. The molecule has 0 aliphatic carbocycles. The van der Waals surface area contributed by atoms with Gasteiger partial charge in [-0.1, -0.05) is 42.8 Å². The van der Waals surface area contributed by atoms with Crippen molar-refractivity contribution in [1.29, 1.82) is 0 Å². The molecule has 4 nitrogen and oxygen atoms in total. The van der Waals surface area contributed by atoms with Gasteiger partial charge in [0.15, 0.2) is 0 Å². The largest absolute Gasteiger partial charge is 0.318 e. The molecule has 0 aliphatic heterocycles. The number of hydrazone groups is 1. The zero-order valence-corrected chi connectivity index (χ0v) is 16.3. The molecule has 0 unspecified atom stereocenters. The molecule has 0 radical (unpaired) electrons. The fraction of sp³-hybridized carbons (Fsp3) is 0.217. The Kier molecular flexibility index (Phi) is 5.55. The number of nitrogens with one attached hydrogen (secondary N) is 1. The summed E-state index contributed by atoms with van der Waals surface area (Å²) in [5.41, 5.74) is 10.0. The molecule has 1 N–H and O–H groups in total. The van der Waals surface area contributed by atoms with E-state index >= 15 is 0 Å². The van der Waals surface area contributed by atoms with Crippen LogP contribution in [0.5, 0.6) is 0 Å². The van der Waals surface area contributed by atoms with E-state index in [4.69, 9.17) is 0 Å². The highest BCUT2D eigenvalue weighted by Crippen LogP contribution is 2.23. The number of benzene rings is 2. The van der Waals surface area contributed by atoms with Crippen molar-refractivity contribution in [3.05, 3.63) is 88.2 Å². The van der Waals surface area contributed by atoms with E-state index in [1.807, 2.05) is 19.1 Å². The summed E-state index contributed by atoms with van der Waals surface area (Å²) in [6, 6.07) is 17.9. The molecule has 0 aliphatic rings. The van der Waals surface area contributed by atoms with Gasteiger partial charge in [0.1, 0.15) is 0 Å².